The van der Waals surface area contributed by atoms with E-state index in [1.807, 2.05) is 32.2 Å². The van der Waals surface area contributed by atoms with Crippen molar-refractivity contribution in [3.05, 3.63) is 52.6 Å². The predicted octanol–water partition coefficient (Wildman–Crippen LogP) is 3.54. The smallest absolute Gasteiger partial charge is 0.160 e. The van der Waals surface area contributed by atoms with Gasteiger partial charge in [0.25, 0.3) is 0 Å². The molecule has 0 radical (unpaired) electrons. The Kier molecular flexibility index (Phi) is 8.15. The summed E-state index contributed by atoms with van der Waals surface area (Å²) in [6.45, 7) is 7.82. The quantitative estimate of drug-likeness (QED) is 0.676. The van der Waals surface area contributed by atoms with Crippen molar-refractivity contribution in [3.63, 3.8) is 0 Å². The Hall–Kier alpha value is -2.24. The van der Waals surface area contributed by atoms with Gasteiger partial charge < -0.3 is 24.2 Å². The van der Waals surface area contributed by atoms with Gasteiger partial charge >= 0.3 is 0 Å². The van der Waals surface area contributed by atoms with Gasteiger partial charge in [-0.3, -0.25) is 0 Å². The molecule has 2 aromatic rings. The molecule has 0 aliphatic rings. The molecular weight excluding hydrogens is 354 g/mol. The predicted molar refractivity (Wildman–Crippen MR) is 113 cm³/mol. The lowest BCUT2D eigenvalue weighted by atomic mass is 10.1. The number of rotatable bonds is 10. The topological polar surface area (TPSA) is 51.2 Å². The van der Waals surface area contributed by atoms with Crippen molar-refractivity contribution in [2.24, 2.45) is 0 Å². The van der Waals surface area contributed by atoms with E-state index in [9.17, 15) is 5.11 Å². The number of nitrogens with zero attached hydrogens (tertiary/aromatic N) is 1. The number of aliphatic hydroxyl groups is 1. The van der Waals surface area contributed by atoms with Gasteiger partial charge in [-0.25, -0.2) is 0 Å². The van der Waals surface area contributed by atoms with Crippen LogP contribution in [0.3, 0.4) is 0 Å². The summed E-state index contributed by atoms with van der Waals surface area (Å²) in [5.74, 6) is 2.35. The zero-order valence-corrected chi connectivity index (χ0v) is 17.9. The first kappa shape index (κ1) is 22.1. The summed E-state index contributed by atoms with van der Waals surface area (Å²) in [6.07, 6.45) is 0.315. The van der Waals surface area contributed by atoms with E-state index >= 15 is 0 Å². The molecule has 5 nitrogen and oxygen atoms in total. The standard InChI is InChI=1S/C23H33NO4/c1-16-7-8-17(2)23(18(16)3)28-15-20(25)14-24(4)12-11-19-9-10-21(26-5)22(13-19)27-6/h7-10,13,20,25H,11-12,14-15H2,1-6H3/t20-/m1/s1. The maximum atomic E-state index is 10.4. The Morgan fingerprint density at radius 3 is 2.32 bits per heavy atom. The Balaban J connectivity index is 1.83. The molecule has 0 spiro atoms. The second-order valence-electron chi connectivity index (χ2n) is 7.32. The lowest BCUT2D eigenvalue weighted by Gasteiger charge is -2.22. The van der Waals surface area contributed by atoms with Crippen LogP contribution in [0.2, 0.25) is 0 Å². The van der Waals surface area contributed by atoms with Crippen LogP contribution in [0.25, 0.3) is 0 Å². The van der Waals surface area contributed by atoms with Crippen LogP contribution in [0.1, 0.15) is 22.3 Å². The number of likely N-dealkylation sites (N-methyl/N-ethyl adjacent to an activating group) is 1. The normalized spacial score (nSPS) is 12.1. The summed E-state index contributed by atoms with van der Waals surface area (Å²) in [7, 11) is 5.28. The largest absolute Gasteiger partial charge is 0.493 e. The molecule has 0 saturated carbocycles. The monoisotopic (exact) mass is 387 g/mol. The summed E-state index contributed by atoms with van der Waals surface area (Å²) in [4.78, 5) is 2.11. The van der Waals surface area contributed by atoms with Gasteiger partial charge in [-0.05, 0) is 68.6 Å². The van der Waals surface area contributed by atoms with Gasteiger partial charge in [0.05, 0.1) is 14.2 Å². The molecule has 154 valence electrons. The van der Waals surface area contributed by atoms with Crippen molar-refractivity contribution in [2.75, 3.05) is 41.0 Å². The lowest BCUT2D eigenvalue weighted by Crippen LogP contribution is -2.34. The first-order valence-corrected chi connectivity index (χ1v) is 9.62. The summed E-state index contributed by atoms with van der Waals surface area (Å²) < 4.78 is 16.6. The minimum atomic E-state index is -0.547. The number of ether oxygens (including phenoxy) is 3. The molecular formula is C23H33NO4. The molecule has 2 aromatic carbocycles. The van der Waals surface area contributed by atoms with Crippen molar-refractivity contribution >= 4 is 0 Å². The number of aliphatic hydroxyl groups excluding tert-OH is 1. The fourth-order valence-electron chi connectivity index (χ4n) is 3.19. The van der Waals surface area contributed by atoms with Crippen LogP contribution < -0.4 is 14.2 Å². The lowest BCUT2D eigenvalue weighted by molar-refractivity contribution is 0.0761. The molecule has 0 fully saturated rings. The van der Waals surface area contributed by atoms with Gasteiger partial charge in [-0.2, -0.15) is 0 Å². The van der Waals surface area contributed by atoms with E-state index in [-0.39, 0.29) is 6.61 Å². The summed E-state index contributed by atoms with van der Waals surface area (Å²) in [5, 5.41) is 10.4. The van der Waals surface area contributed by atoms with Gasteiger partial charge in [-0.1, -0.05) is 18.2 Å². The van der Waals surface area contributed by atoms with Crippen molar-refractivity contribution in [2.45, 2.75) is 33.3 Å². The molecule has 5 heteroatoms. The second kappa shape index (κ2) is 10.3. The SMILES string of the molecule is COc1ccc(CCN(C)C[C@@H](O)COc2c(C)ccc(C)c2C)cc1OC. The highest BCUT2D eigenvalue weighted by molar-refractivity contribution is 5.44. The van der Waals surface area contributed by atoms with Crippen molar-refractivity contribution in [1.29, 1.82) is 0 Å². The second-order valence-corrected chi connectivity index (χ2v) is 7.32. The zero-order chi connectivity index (χ0) is 20.7. The average Bonchev–Trinajstić information content (AvgIpc) is 2.69. The van der Waals surface area contributed by atoms with Gasteiger partial charge in [0, 0.05) is 13.1 Å². The van der Waals surface area contributed by atoms with E-state index in [2.05, 4.69) is 30.9 Å². The Morgan fingerprint density at radius 1 is 0.964 bits per heavy atom. The number of hydrogen-bond donors (Lipinski definition) is 1. The number of benzene rings is 2. The number of aryl methyl sites for hydroxylation is 2. The minimum Gasteiger partial charge on any atom is -0.493 e. The van der Waals surface area contributed by atoms with Crippen LogP contribution in [0, 0.1) is 20.8 Å². The van der Waals surface area contributed by atoms with Gasteiger partial charge in [-0.15, -0.1) is 0 Å². The van der Waals surface area contributed by atoms with E-state index < -0.39 is 6.10 Å². The Morgan fingerprint density at radius 2 is 1.64 bits per heavy atom. The van der Waals surface area contributed by atoms with E-state index in [4.69, 9.17) is 14.2 Å². The molecule has 0 unspecified atom stereocenters. The highest BCUT2D eigenvalue weighted by atomic mass is 16.5. The molecule has 0 bridgehead atoms. The molecule has 28 heavy (non-hydrogen) atoms. The number of methoxy groups -OCH3 is 2. The first-order valence-electron chi connectivity index (χ1n) is 9.62. The highest BCUT2D eigenvalue weighted by Gasteiger charge is 2.13. The molecule has 0 aromatic heterocycles. The van der Waals surface area contributed by atoms with Crippen LogP contribution in [0.15, 0.2) is 30.3 Å². The fraction of sp³-hybridized carbons (Fsp3) is 0.478. The average molecular weight is 388 g/mol. The molecule has 1 N–H and O–H groups in total. The minimum absolute atomic E-state index is 0.284. The summed E-state index contributed by atoms with van der Waals surface area (Å²) in [5.41, 5.74) is 4.59. The van der Waals surface area contributed by atoms with Crippen molar-refractivity contribution in [1.82, 2.24) is 4.90 Å². The van der Waals surface area contributed by atoms with Crippen LogP contribution in [0.4, 0.5) is 0 Å². The van der Waals surface area contributed by atoms with Crippen LogP contribution in [0.5, 0.6) is 17.2 Å². The molecule has 1 atom stereocenters. The van der Waals surface area contributed by atoms with Crippen molar-refractivity contribution < 1.29 is 19.3 Å². The fourth-order valence-corrected chi connectivity index (χ4v) is 3.19. The van der Waals surface area contributed by atoms with E-state index in [1.54, 1.807) is 14.2 Å². The van der Waals surface area contributed by atoms with Gasteiger partial charge in [0.15, 0.2) is 11.5 Å². The molecule has 0 heterocycles. The van der Waals surface area contributed by atoms with Gasteiger partial charge in [0.2, 0.25) is 0 Å². The summed E-state index contributed by atoms with van der Waals surface area (Å²) in [6, 6.07) is 10.1. The van der Waals surface area contributed by atoms with E-state index in [0.29, 0.717) is 6.54 Å². The number of hydrogen-bond acceptors (Lipinski definition) is 5. The van der Waals surface area contributed by atoms with Crippen LogP contribution >= 0.6 is 0 Å². The van der Waals surface area contributed by atoms with Crippen molar-refractivity contribution in [3.8, 4) is 17.2 Å². The molecule has 0 aliphatic heterocycles. The maximum absolute atomic E-state index is 10.4. The van der Waals surface area contributed by atoms with Gasteiger partial charge in [0.1, 0.15) is 18.5 Å². The Labute approximate surface area is 168 Å². The van der Waals surface area contributed by atoms with Crippen LogP contribution in [-0.4, -0.2) is 57.1 Å². The maximum Gasteiger partial charge on any atom is 0.160 e. The van der Waals surface area contributed by atoms with Crippen LogP contribution in [-0.2, 0) is 6.42 Å². The summed E-state index contributed by atoms with van der Waals surface area (Å²) >= 11 is 0. The third-order valence-electron chi connectivity index (χ3n) is 5.05. The molecule has 0 saturated heterocycles. The van der Waals surface area contributed by atoms with E-state index in [0.717, 1.165) is 41.3 Å². The first-order chi connectivity index (χ1) is 13.3. The molecule has 0 amide bonds. The highest BCUT2D eigenvalue weighted by Crippen LogP contribution is 2.28. The third-order valence-corrected chi connectivity index (χ3v) is 5.05. The zero-order valence-electron chi connectivity index (χ0n) is 17.9. The molecule has 2 rings (SSSR count). The van der Waals surface area contributed by atoms with E-state index in [1.165, 1.54) is 11.1 Å². The third kappa shape index (κ3) is 5.88. The Bertz CT molecular complexity index is 775. The molecule has 0 aliphatic carbocycles.